The van der Waals surface area contributed by atoms with Gasteiger partial charge < -0.3 is 10.1 Å². The lowest BCUT2D eigenvalue weighted by Crippen LogP contribution is -2.44. The highest BCUT2D eigenvalue weighted by Crippen LogP contribution is 2.25. The summed E-state index contributed by atoms with van der Waals surface area (Å²) in [6, 6.07) is 12.5. The van der Waals surface area contributed by atoms with Crippen molar-refractivity contribution >= 4 is 27.5 Å². The zero-order valence-corrected chi connectivity index (χ0v) is 18.6. The number of aryl methyl sites for hydroxylation is 2. The maximum absolute atomic E-state index is 12.9. The molecule has 8 heteroatoms. The molecule has 0 aliphatic carbocycles. The van der Waals surface area contributed by atoms with Crippen molar-refractivity contribution < 1.29 is 17.9 Å². The molecule has 0 atom stereocenters. The standard InChI is InChI=1S/C21H29N3O4S/c1-15(2)28-19-11-9-18(10-12-19)22-21(25)14-24(29(26,27)23(5)6)20-13-16(3)7-8-17(20)4/h7-13,15H,14H2,1-6H3,(H,22,25). The first-order chi connectivity index (χ1) is 13.5. The molecular formula is C21H29N3O4S. The molecule has 0 bridgehead atoms. The molecule has 7 nitrogen and oxygen atoms in total. The van der Waals surface area contributed by atoms with E-state index in [1.54, 1.807) is 30.3 Å². The van der Waals surface area contributed by atoms with Crippen LogP contribution >= 0.6 is 0 Å². The Morgan fingerprint density at radius 1 is 1.07 bits per heavy atom. The molecule has 29 heavy (non-hydrogen) atoms. The summed E-state index contributed by atoms with van der Waals surface area (Å²) in [7, 11) is -0.966. The number of benzene rings is 2. The van der Waals surface area contributed by atoms with Crippen LogP contribution in [0.3, 0.4) is 0 Å². The van der Waals surface area contributed by atoms with E-state index in [1.165, 1.54) is 14.1 Å². The minimum Gasteiger partial charge on any atom is -0.491 e. The second-order valence-corrected chi connectivity index (χ2v) is 9.39. The third-order valence-electron chi connectivity index (χ3n) is 4.17. The molecule has 2 aromatic rings. The topological polar surface area (TPSA) is 79.0 Å². The van der Waals surface area contributed by atoms with Gasteiger partial charge in [-0.1, -0.05) is 12.1 Å². The fraction of sp³-hybridized carbons (Fsp3) is 0.381. The van der Waals surface area contributed by atoms with E-state index in [1.807, 2.05) is 39.8 Å². The summed E-state index contributed by atoms with van der Waals surface area (Å²) in [5.74, 6) is 0.263. The van der Waals surface area contributed by atoms with Crippen LogP contribution in [0.1, 0.15) is 25.0 Å². The SMILES string of the molecule is Cc1ccc(C)c(N(CC(=O)Nc2ccc(OC(C)C)cc2)S(=O)(=O)N(C)C)c1. The van der Waals surface area contributed by atoms with E-state index in [9.17, 15) is 13.2 Å². The summed E-state index contributed by atoms with van der Waals surface area (Å²) < 4.78 is 33.6. The monoisotopic (exact) mass is 419 g/mol. The highest BCUT2D eigenvalue weighted by Gasteiger charge is 2.28. The Bertz CT molecular complexity index is 954. The van der Waals surface area contributed by atoms with Crippen LogP contribution in [-0.2, 0) is 15.0 Å². The van der Waals surface area contributed by atoms with Gasteiger partial charge in [-0.25, -0.2) is 4.31 Å². The van der Waals surface area contributed by atoms with E-state index >= 15 is 0 Å². The Morgan fingerprint density at radius 3 is 2.24 bits per heavy atom. The van der Waals surface area contributed by atoms with Gasteiger partial charge in [0.2, 0.25) is 5.91 Å². The third kappa shape index (κ3) is 5.95. The van der Waals surface area contributed by atoms with Crippen molar-refractivity contribution in [3.05, 3.63) is 53.6 Å². The molecule has 1 N–H and O–H groups in total. The average molecular weight is 420 g/mol. The molecule has 1 amide bonds. The molecule has 158 valence electrons. The minimum absolute atomic E-state index is 0.0535. The maximum atomic E-state index is 12.9. The van der Waals surface area contributed by atoms with Crippen LogP contribution in [0.15, 0.2) is 42.5 Å². The van der Waals surface area contributed by atoms with Crippen molar-refractivity contribution in [2.45, 2.75) is 33.8 Å². The molecule has 0 unspecified atom stereocenters. The predicted octanol–water partition coefficient (Wildman–Crippen LogP) is 3.34. The van der Waals surface area contributed by atoms with Gasteiger partial charge in [-0.2, -0.15) is 12.7 Å². The van der Waals surface area contributed by atoms with E-state index < -0.39 is 16.1 Å². The van der Waals surface area contributed by atoms with Crippen molar-refractivity contribution in [2.24, 2.45) is 0 Å². The molecule has 2 aromatic carbocycles. The lowest BCUT2D eigenvalue weighted by Gasteiger charge is -2.28. The van der Waals surface area contributed by atoms with E-state index in [0.717, 1.165) is 19.7 Å². The molecule has 0 aliphatic heterocycles. The average Bonchev–Trinajstić information content (AvgIpc) is 2.63. The highest BCUT2D eigenvalue weighted by atomic mass is 32.2. The number of nitrogens with one attached hydrogen (secondary N) is 1. The second-order valence-electron chi connectivity index (χ2n) is 7.33. The minimum atomic E-state index is -3.85. The first kappa shape index (κ1) is 22.7. The van der Waals surface area contributed by atoms with Crippen LogP contribution in [0.2, 0.25) is 0 Å². The van der Waals surface area contributed by atoms with Crippen molar-refractivity contribution in [1.29, 1.82) is 0 Å². The molecule has 0 aromatic heterocycles. The number of hydrogen-bond donors (Lipinski definition) is 1. The zero-order valence-electron chi connectivity index (χ0n) is 17.8. The van der Waals surface area contributed by atoms with Crippen LogP contribution < -0.4 is 14.4 Å². The number of carbonyl (C=O) groups excluding carboxylic acids is 1. The number of rotatable bonds is 8. The number of ether oxygens (including phenoxy) is 1. The van der Waals surface area contributed by atoms with Crippen LogP contribution in [0.4, 0.5) is 11.4 Å². The Hall–Kier alpha value is -2.58. The maximum Gasteiger partial charge on any atom is 0.304 e. The fourth-order valence-electron chi connectivity index (χ4n) is 2.70. The Kier molecular flexibility index (Phi) is 7.26. The molecule has 0 saturated heterocycles. The molecule has 0 fully saturated rings. The predicted molar refractivity (Wildman–Crippen MR) is 117 cm³/mol. The van der Waals surface area contributed by atoms with Crippen LogP contribution in [0, 0.1) is 13.8 Å². The largest absolute Gasteiger partial charge is 0.491 e. The van der Waals surface area contributed by atoms with E-state index in [0.29, 0.717) is 17.1 Å². The van der Waals surface area contributed by atoms with Crippen molar-refractivity contribution in [1.82, 2.24) is 4.31 Å². The number of amides is 1. The summed E-state index contributed by atoms with van der Waals surface area (Å²) in [4.78, 5) is 12.7. The fourth-order valence-corrected chi connectivity index (χ4v) is 3.82. The molecule has 0 aliphatic rings. The van der Waals surface area contributed by atoms with Gasteiger partial charge >= 0.3 is 10.2 Å². The van der Waals surface area contributed by atoms with Crippen molar-refractivity contribution in [3.8, 4) is 5.75 Å². The van der Waals surface area contributed by atoms with Crippen molar-refractivity contribution in [3.63, 3.8) is 0 Å². The Morgan fingerprint density at radius 2 is 1.69 bits per heavy atom. The summed E-state index contributed by atoms with van der Waals surface area (Å²) in [5, 5.41) is 2.75. The molecule has 0 heterocycles. The lowest BCUT2D eigenvalue weighted by molar-refractivity contribution is -0.114. The van der Waals surface area contributed by atoms with E-state index in [-0.39, 0.29) is 12.6 Å². The summed E-state index contributed by atoms with van der Waals surface area (Å²) in [6.07, 6.45) is 0.0535. The highest BCUT2D eigenvalue weighted by molar-refractivity contribution is 7.90. The van der Waals surface area contributed by atoms with Crippen LogP contribution in [-0.4, -0.2) is 45.4 Å². The van der Waals surface area contributed by atoms with Gasteiger partial charge in [0, 0.05) is 19.8 Å². The first-order valence-electron chi connectivity index (χ1n) is 9.34. The second kappa shape index (κ2) is 9.28. The Balaban J connectivity index is 2.25. The smallest absolute Gasteiger partial charge is 0.304 e. The summed E-state index contributed by atoms with van der Waals surface area (Å²) in [6.45, 7) is 7.23. The van der Waals surface area contributed by atoms with E-state index in [4.69, 9.17) is 4.74 Å². The van der Waals surface area contributed by atoms with Crippen LogP contribution in [0.25, 0.3) is 0 Å². The molecule has 0 radical (unpaired) electrons. The van der Waals surface area contributed by atoms with E-state index in [2.05, 4.69) is 5.32 Å². The van der Waals surface area contributed by atoms with Gasteiger partial charge in [-0.15, -0.1) is 0 Å². The normalized spacial score (nSPS) is 11.6. The zero-order chi connectivity index (χ0) is 21.8. The quantitative estimate of drug-likeness (QED) is 0.712. The molecule has 2 rings (SSSR count). The molecule has 0 spiro atoms. The van der Waals surface area contributed by atoms with Gasteiger partial charge in [-0.3, -0.25) is 4.79 Å². The molecule has 0 saturated carbocycles. The number of hydrogen-bond acceptors (Lipinski definition) is 4. The van der Waals surface area contributed by atoms with Gasteiger partial charge in [0.25, 0.3) is 0 Å². The number of anilines is 2. The number of carbonyl (C=O) groups is 1. The first-order valence-corrected chi connectivity index (χ1v) is 10.7. The number of nitrogens with zero attached hydrogens (tertiary/aromatic N) is 2. The summed E-state index contributed by atoms with van der Waals surface area (Å²) >= 11 is 0. The van der Waals surface area contributed by atoms with Gasteiger partial charge in [0.1, 0.15) is 12.3 Å². The van der Waals surface area contributed by atoms with Gasteiger partial charge in [0.05, 0.1) is 11.8 Å². The van der Waals surface area contributed by atoms with Crippen LogP contribution in [0.5, 0.6) is 5.75 Å². The summed E-state index contributed by atoms with van der Waals surface area (Å²) in [5.41, 5.74) is 2.72. The lowest BCUT2D eigenvalue weighted by atomic mass is 10.1. The third-order valence-corrected chi connectivity index (χ3v) is 5.98. The van der Waals surface area contributed by atoms with Crippen molar-refractivity contribution in [2.75, 3.05) is 30.3 Å². The van der Waals surface area contributed by atoms with Gasteiger partial charge in [-0.05, 0) is 69.2 Å². The molecular weight excluding hydrogens is 390 g/mol. The Labute approximate surface area is 173 Å². The van der Waals surface area contributed by atoms with Gasteiger partial charge in [0.15, 0.2) is 0 Å².